The minimum absolute atomic E-state index is 0.199. The molecule has 0 aliphatic heterocycles. The van der Waals surface area contributed by atoms with Crippen molar-refractivity contribution in [2.24, 2.45) is 0 Å². The van der Waals surface area contributed by atoms with E-state index in [9.17, 15) is 0 Å². The highest BCUT2D eigenvalue weighted by Crippen LogP contribution is 2.38. The molecule has 1 saturated carbocycles. The lowest BCUT2D eigenvalue weighted by atomic mass is 10.1. The van der Waals surface area contributed by atoms with Crippen LogP contribution in [0.25, 0.3) is 0 Å². The predicted molar refractivity (Wildman–Crippen MR) is 82.2 cm³/mol. The molecule has 1 N–H and O–H groups in total. The van der Waals surface area contributed by atoms with Crippen LogP contribution in [0.3, 0.4) is 0 Å². The van der Waals surface area contributed by atoms with E-state index in [4.69, 9.17) is 9.26 Å². The fourth-order valence-electron chi connectivity index (χ4n) is 2.11. The third-order valence-electron chi connectivity index (χ3n) is 3.64. The number of ether oxygens (including phenoxy) is 1. The Morgan fingerprint density at radius 3 is 3.00 bits per heavy atom. The second-order valence-electron chi connectivity index (χ2n) is 5.30. The summed E-state index contributed by atoms with van der Waals surface area (Å²) in [6.07, 6.45) is 2.30. The van der Waals surface area contributed by atoms with Crippen LogP contribution in [0, 0.1) is 0 Å². The SMILES string of the molecule is CNC(C)c1cc(Br)ccc1OCc1noc(C2CC2)n1. The Labute approximate surface area is 132 Å². The number of hydrogen-bond donors (Lipinski definition) is 1. The van der Waals surface area contributed by atoms with Crippen molar-refractivity contribution in [3.63, 3.8) is 0 Å². The van der Waals surface area contributed by atoms with Gasteiger partial charge >= 0.3 is 0 Å². The van der Waals surface area contributed by atoms with Crippen LogP contribution in [-0.4, -0.2) is 17.2 Å². The van der Waals surface area contributed by atoms with E-state index in [2.05, 4.69) is 44.4 Å². The molecule has 112 valence electrons. The molecule has 2 aromatic rings. The van der Waals surface area contributed by atoms with Crippen molar-refractivity contribution >= 4 is 15.9 Å². The van der Waals surface area contributed by atoms with E-state index in [-0.39, 0.29) is 6.04 Å². The molecule has 1 fully saturated rings. The summed E-state index contributed by atoms with van der Waals surface area (Å²) in [5.74, 6) is 2.65. The van der Waals surface area contributed by atoms with Gasteiger partial charge in [0, 0.05) is 22.0 Å². The number of rotatable bonds is 6. The average molecular weight is 352 g/mol. The lowest BCUT2D eigenvalue weighted by molar-refractivity contribution is 0.280. The van der Waals surface area contributed by atoms with Crippen LogP contribution in [0.4, 0.5) is 0 Å². The molecule has 1 unspecified atom stereocenters. The molecular weight excluding hydrogens is 334 g/mol. The largest absolute Gasteiger partial charge is 0.485 e. The minimum Gasteiger partial charge on any atom is -0.485 e. The van der Waals surface area contributed by atoms with Crippen molar-refractivity contribution in [1.29, 1.82) is 0 Å². The predicted octanol–water partition coefficient (Wildman–Crippen LogP) is 3.57. The quantitative estimate of drug-likeness (QED) is 0.861. The molecule has 6 heteroatoms. The molecule has 3 rings (SSSR count). The van der Waals surface area contributed by atoms with Crippen molar-refractivity contribution in [2.45, 2.75) is 38.3 Å². The molecule has 1 heterocycles. The minimum atomic E-state index is 0.199. The number of hydrogen-bond acceptors (Lipinski definition) is 5. The Bertz CT molecular complexity index is 625. The van der Waals surface area contributed by atoms with Crippen molar-refractivity contribution in [2.75, 3.05) is 7.05 Å². The fraction of sp³-hybridized carbons (Fsp3) is 0.467. The van der Waals surface area contributed by atoms with E-state index in [0.717, 1.165) is 34.5 Å². The van der Waals surface area contributed by atoms with E-state index < -0.39 is 0 Å². The molecular formula is C15H18BrN3O2. The van der Waals surface area contributed by atoms with Gasteiger partial charge < -0.3 is 14.6 Å². The highest BCUT2D eigenvalue weighted by Gasteiger charge is 2.29. The summed E-state index contributed by atoms with van der Waals surface area (Å²) in [4.78, 5) is 4.37. The van der Waals surface area contributed by atoms with E-state index >= 15 is 0 Å². The van der Waals surface area contributed by atoms with Crippen LogP contribution >= 0.6 is 15.9 Å². The highest BCUT2D eigenvalue weighted by molar-refractivity contribution is 9.10. The van der Waals surface area contributed by atoms with Crippen LogP contribution in [0.1, 0.15) is 49.0 Å². The number of halogens is 1. The van der Waals surface area contributed by atoms with Gasteiger partial charge in [-0.2, -0.15) is 4.98 Å². The summed E-state index contributed by atoms with van der Waals surface area (Å²) >= 11 is 3.49. The lowest BCUT2D eigenvalue weighted by Gasteiger charge is -2.16. The number of nitrogens with zero attached hydrogens (tertiary/aromatic N) is 2. The van der Waals surface area contributed by atoms with Crippen molar-refractivity contribution < 1.29 is 9.26 Å². The Hall–Kier alpha value is -1.40. The summed E-state index contributed by atoms with van der Waals surface area (Å²) in [5.41, 5.74) is 1.10. The maximum Gasteiger partial charge on any atom is 0.229 e. The second-order valence-corrected chi connectivity index (χ2v) is 6.22. The molecule has 0 radical (unpaired) electrons. The Kier molecular flexibility index (Phi) is 4.26. The maximum absolute atomic E-state index is 5.87. The third-order valence-corrected chi connectivity index (χ3v) is 4.13. The first-order valence-electron chi connectivity index (χ1n) is 7.09. The number of benzene rings is 1. The zero-order chi connectivity index (χ0) is 14.8. The average Bonchev–Trinajstić information content (AvgIpc) is 3.24. The van der Waals surface area contributed by atoms with Crippen LogP contribution in [0.15, 0.2) is 27.2 Å². The highest BCUT2D eigenvalue weighted by atomic mass is 79.9. The summed E-state index contributed by atoms with van der Waals surface area (Å²) in [7, 11) is 1.93. The molecule has 1 atom stereocenters. The van der Waals surface area contributed by atoms with Gasteiger partial charge in [0.1, 0.15) is 5.75 Å². The smallest absolute Gasteiger partial charge is 0.229 e. The monoisotopic (exact) mass is 351 g/mol. The van der Waals surface area contributed by atoms with Gasteiger partial charge in [0.2, 0.25) is 11.7 Å². The van der Waals surface area contributed by atoms with Crippen molar-refractivity contribution in [1.82, 2.24) is 15.5 Å². The van der Waals surface area contributed by atoms with Crippen LogP contribution < -0.4 is 10.1 Å². The first-order valence-corrected chi connectivity index (χ1v) is 7.88. The Morgan fingerprint density at radius 1 is 1.48 bits per heavy atom. The molecule has 21 heavy (non-hydrogen) atoms. The van der Waals surface area contributed by atoms with E-state index in [1.165, 1.54) is 0 Å². The van der Waals surface area contributed by atoms with Gasteiger partial charge in [-0.05, 0) is 45.0 Å². The van der Waals surface area contributed by atoms with Gasteiger partial charge in [0.25, 0.3) is 0 Å². The number of aromatic nitrogens is 2. The molecule has 5 nitrogen and oxygen atoms in total. The van der Waals surface area contributed by atoms with Crippen LogP contribution in [0.2, 0.25) is 0 Å². The topological polar surface area (TPSA) is 60.2 Å². The fourth-order valence-corrected chi connectivity index (χ4v) is 2.49. The van der Waals surface area contributed by atoms with Crippen LogP contribution in [0.5, 0.6) is 5.75 Å². The summed E-state index contributed by atoms with van der Waals surface area (Å²) in [5, 5.41) is 7.19. The molecule has 1 aliphatic carbocycles. The Morgan fingerprint density at radius 2 is 2.29 bits per heavy atom. The Balaban J connectivity index is 1.71. The molecule has 1 aromatic carbocycles. The van der Waals surface area contributed by atoms with Gasteiger partial charge in [-0.25, -0.2) is 0 Å². The van der Waals surface area contributed by atoms with E-state index in [1.807, 2.05) is 19.2 Å². The molecule has 1 aromatic heterocycles. The maximum atomic E-state index is 5.87. The van der Waals surface area contributed by atoms with E-state index in [0.29, 0.717) is 18.3 Å². The molecule has 0 bridgehead atoms. The number of nitrogens with one attached hydrogen (secondary N) is 1. The third kappa shape index (κ3) is 3.44. The molecule has 0 spiro atoms. The van der Waals surface area contributed by atoms with E-state index in [1.54, 1.807) is 0 Å². The lowest BCUT2D eigenvalue weighted by Crippen LogP contribution is -2.14. The summed E-state index contributed by atoms with van der Waals surface area (Å²) in [6, 6.07) is 6.18. The first kappa shape index (κ1) is 14.5. The van der Waals surface area contributed by atoms with Gasteiger partial charge in [0.05, 0.1) is 0 Å². The van der Waals surface area contributed by atoms with Crippen LogP contribution in [-0.2, 0) is 6.61 Å². The van der Waals surface area contributed by atoms with Gasteiger partial charge in [0.15, 0.2) is 6.61 Å². The normalized spacial score (nSPS) is 16.0. The molecule has 0 saturated heterocycles. The van der Waals surface area contributed by atoms with Gasteiger partial charge in [-0.15, -0.1) is 0 Å². The summed E-state index contributed by atoms with van der Waals surface area (Å²) in [6.45, 7) is 2.41. The van der Waals surface area contributed by atoms with Crippen molar-refractivity contribution in [3.8, 4) is 5.75 Å². The van der Waals surface area contributed by atoms with Gasteiger partial charge in [-0.3, -0.25) is 0 Å². The first-order chi connectivity index (χ1) is 10.2. The zero-order valence-corrected chi connectivity index (χ0v) is 13.7. The standard InChI is InChI=1S/C15H18BrN3O2/c1-9(17-2)12-7-11(16)5-6-13(12)20-8-14-18-15(21-19-14)10-3-4-10/h5-7,9-10,17H,3-4,8H2,1-2H3. The van der Waals surface area contributed by atoms with Crippen molar-refractivity contribution in [3.05, 3.63) is 40.0 Å². The molecule has 1 aliphatic rings. The zero-order valence-electron chi connectivity index (χ0n) is 12.1. The summed E-state index contributed by atoms with van der Waals surface area (Å²) < 4.78 is 12.1. The second kappa shape index (κ2) is 6.15. The van der Waals surface area contributed by atoms with Gasteiger partial charge in [-0.1, -0.05) is 21.1 Å². The molecule has 0 amide bonds.